The Bertz CT molecular complexity index is 493. The number of hydrogen-bond donors (Lipinski definition) is 0. The van der Waals surface area contributed by atoms with Gasteiger partial charge in [0.2, 0.25) is 0 Å². The van der Waals surface area contributed by atoms with Crippen molar-refractivity contribution in [1.82, 2.24) is 4.90 Å². The van der Waals surface area contributed by atoms with Crippen LogP contribution < -0.4 is 0 Å². The fraction of sp³-hybridized carbons (Fsp3) is 0.312. The van der Waals surface area contributed by atoms with Gasteiger partial charge in [0.1, 0.15) is 0 Å². The predicted molar refractivity (Wildman–Crippen MR) is 81.0 cm³/mol. The van der Waals surface area contributed by atoms with Gasteiger partial charge in [0.05, 0.1) is 5.57 Å². The van der Waals surface area contributed by atoms with Gasteiger partial charge in [0.25, 0.3) is 5.91 Å². The number of rotatable bonds is 6. The van der Waals surface area contributed by atoms with Crippen molar-refractivity contribution in [2.24, 2.45) is 0 Å². The highest BCUT2D eigenvalue weighted by atomic mass is 35.5. The highest BCUT2D eigenvalue weighted by Crippen LogP contribution is 2.17. The second-order valence-corrected chi connectivity index (χ2v) is 4.99. The summed E-state index contributed by atoms with van der Waals surface area (Å²) in [5.41, 5.74) is 2.58. The Morgan fingerprint density at radius 3 is 2.47 bits per heavy atom. The zero-order valence-corrected chi connectivity index (χ0v) is 12.3. The number of amides is 1. The minimum absolute atomic E-state index is 0.148. The molecule has 1 rings (SSSR count). The van der Waals surface area contributed by atoms with Gasteiger partial charge in [-0.15, -0.1) is 0 Å². The van der Waals surface area contributed by atoms with E-state index >= 15 is 0 Å². The molecule has 0 aromatic heterocycles. The van der Waals surface area contributed by atoms with E-state index in [1.165, 1.54) is 5.56 Å². The first kappa shape index (κ1) is 15.5. The summed E-state index contributed by atoms with van der Waals surface area (Å²) < 4.78 is 0. The molecule has 0 N–H and O–H groups in total. The van der Waals surface area contributed by atoms with Crippen molar-refractivity contribution in [3.05, 3.63) is 59.2 Å². The van der Waals surface area contributed by atoms with Gasteiger partial charge in [0, 0.05) is 18.1 Å². The van der Waals surface area contributed by atoms with Crippen LogP contribution in [0.2, 0.25) is 0 Å². The number of hydrogen-bond acceptors (Lipinski definition) is 1. The van der Waals surface area contributed by atoms with Crippen molar-refractivity contribution in [2.75, 3.05) is 6.54 Å². The molecular weight excluding hydrogens is 258 g/mol. The van der Waals surface area contributed by atoms with Gasteiger partial charge in [-0.3, -0.25) is 4.79 Å². The average molecular weight is 278 g/mol. The molecule has 102 valence electrons. The maximum atomic E-state index is 12.3. The number of benzene rings is 1. The van der Waals surface area contributed by atoms with E-state index in [0.717, 1.165) is 12.0 Å². The molecule has 0 bridgehead atoms. The fourth-order valence-electron chi connectivity index (χ4n) is 1.82. The zero-order valence-electron chi connectivity index (χ0n) is 11.6. The number of aryl methyl sites for hydroxylation is 1. The first-order valence-electron chi connectivity index (χ1n) is 6.34. The average Bonchev–Trinajstić information content (AvgIpc) is 2.38. The molecule has 0 heterocycles. The van der Waals surface area contributed by atoms with Crippen LogP contribution in [0.4, 0.5) is 0 Å². The first-order valence-corrected chi connectivity index (χ1v) is 6.72. The fourth-order valence-corrected chi connectivity index (χ4v) is 1.90. The second-order valence-electron chi connectivity index (χ2n) is 4.54. The molecule has 1 aromatic carbocycles. The Hall–Kier alpha value is -1.54. The van der Waals surface area contributed by atoms with Gasteiger partial charge < -0.3 is 4.90 Å². The van der Waals surface area contributed by atoms with Crippen LogP contribution in [0.5, 0.6) is 0 Å². The number of halogens is 1. The van der Waals surface area contributed by atoms with E-state index in [0.29, 0.717) is 13.1 Å². The van der Waals surface area contributed by atoms with E-state index in [4.69, 9.17) is 11.6 Å². The third kappa shape index (κ3) is 4.25. The zero-order chi connectivity index (χ0) is 14.4. The Labute approximate surface area is 120 Å². The summed E-state index contributed by atoms with van der Waals surface area (Å²) >= 11 is 5.76. The van der Waals surface area contributed by atoms with E-state index in [-0.39, 0.29) is 16.5 Å². The predicted octanol–water partition coefficient (Wildman–Crippen LogP) is 4.04. The highest BCUT2D eigenvalue weighted by Gasteiger charge is 2.18. The van der Waals surface area contributed by atoms with Crippen LogP contribution in [0, 0.1) is 6.92 Å². The molecule has 3 heteroatoms. The van der Waals surface area contributed by atoms with Crippen LogP contribution in [-0.4, -0.2) is 17.4 Å². The minimum Gasteiger partial charge on any atom is -0.334 e. The summed E-state index contributed by atoms with van der Waals surface area (Å²) in [4.78, 5) is 14.0. The Morgan fingerprint density at radius 1 is 1.32 bits per heavy atom. The van der Waals surface area contributed by atoms with Crippen LogP contribution in [0.1, 0.15) is 24.5 Å². The normalized spacial score (nSPS) is 10.1. The maximum absolute atomic E-state index is 12.3. The highest BCUT2D eigenvalue weighted by molar-refractivity contribution is 6.34. The standard InChI is InChI=1S/C16H20ClNO/c1-5-10-18(16(19)13(3)14(4)17)11-15-9-7-6-8-12(15)2/h6-9H,3-5,10-11H2,1-2H3. The SMILES string of the molecule is C=C(Cl)C(=C)C(=O)N(CCC)Cc1ccccc1C. The lowest BCUT2D eigenvalue weighted by atomic mass is 10.1. The van der Waals surface area contributed by atoms with E-state index in [1.54, 1.807) is 4.90 Å². The van der Waals surface area contributed by atoms with Crippen LogP contribution in [0.3, 0.4) is 0 Å². The van der Waals surface area contributed by atoms with Crippen LogP contribution in [-0.2, 0) is 11.3 Å². The van der Waals surface area contributed by atoms with Gasteiger partial charge in [-0.1, -0.05) is 55.9 Å². The van der Waals surface area contributed by atoms with E-state index in [2.05, 4.69) is 13.2 Å². The molecule has 0 fully saturated rings. The molecule has 0 spiro atoms. The van der Waals surface area contributed by atoms with Crippen molar-refractivity contribution in [3.8, 4) is 0 Å². The van der Waals surface area contributed by atoms with Gasteiger partial charge in [-0.05, 0) is 24.5 Å². The van der Waals surface area contributed by atoms with E-state index in [9.17, 15) is 4.79 Å². The molecule has 0 atom stereocenters. The maximum Gasteiger partial charge on any atom is 0.255 e. The minimum atomic E-state index is -0.148. The number of carbonyl (C=O) groups is 1. The molecule has 0 saturated carbocycles. The molecule has 0 unspecified atom stereocenters. The summed E-state index contributed by atoms with van der Waals surface area (Å²) in [6.07, 6.45) is 0.889. The van der Waals surface area contributed by atoms with Gasteiger partial charge >= 0.3 is 0 Å². The largest absolute Gasteiger partial charge is 0.334 e. The third-order valence-corrected chi connectivity index (χ3v) is 3.22. The smallest absolute Gasteiger partial charge is 0.255 e. The van der Waals surface area contributed by atoms with Crippen LogP contribution >= 0.6 is 11.6 Å². The summed E-state index contributed by atoms with van der Waals surface area (Å²) in [7, 11) is 0. The summed E-state index contributed by atoms with van der Waals surface area (Å²) in [5.74, 6) is -0.148. The molecule has 19 heavy (non-hydrogen) atoms. The van der Waals surface area contributed by atoms with Crippen molar-refractivity contribution in [3.63, 3.8) is 0 Å². The number of nitrogens with zero attached hydrogens (tertiary/aromatic N) is 1. The monoisotopic (exact) mass is 277 g/mol. The topological polar surface area (TPSA) is 20.3 Å². The van der Waals surface area contributed by atoms with Gasteiger partial charge in [-0.2, -0.15) is 0 Å². The summed E-state index contributed by atoms with van der Waals surface area (Å²) in [6, 6.07) is 8.04. The lowest BCUT2D eigenvalue weighted by Crippen LogP contribution is -2.32. The quantitative estimate of drug-likeness (QED) is 0.568. The Morgan fingerprint density at radius 2 is 1.95 bits per heavy atom. The Kier molecular flexibility index (Phi) is 5.84. The molecule has 0 aliphatic rings. The van der Waals surface area contributed by atoms with Crippen molar-refractivity contribution >= 4 is 17.5 Å². The molecule has 0 radical (unpaired) electrons. The van der Waals surface area contributed by atoms with Crippen LogP contribution in [0.25, 0.3) is 0 Å². The summed E-state index contributed by atoms with van der Waals surface area (Å²) in [5, 5.41) is 0.205. The molecule has 0 saturated heterocycles. The molecule has 0 aliphatic carbocycles. The molecule has 0 aliphatic heterocycles. The Balaban J connectivity index is 2.90. The number of carbonyl (C=O) groups excluding carboxylic acids is 1. The van der Waals surface area contributed by atoms with Crippen molar-refractivity contribution in [2.45, 2.75) is 26.8 Å². The molecular formula is C16H20ClNO. The molecule has 2 nitrogen and oxygen atoms in total. The molecule has 1 aromatic rings. The molecule has 1 amide bonds. The van der Waals surface area contributed by atoms with E-state index < -0.39 is 0 Å². The second kappa shape index (κ2) is 7.15. The van der Waals surface area contributed by atoms with Crippen molar-refractivity contribution in [1.29, 1.82) is 0 Å². The van der Waals surface area contributed by atoms with Gasteiger partial charge in [-0.25, -0.2) is 0 Å². The third-order valence-electron chi connectivity index (χ3n) is 2.99. The van der Waals surface area contributed by atoms with Crippen LogP contribution in [0.15, 0.2) is 48.0 Å². The van der Waals surface area contributed by atoms with E-state index in [1.807, 2.05) is 38.1 Å². The lowest BCUT2D eigenvalue weighted by Gasteiger charge is -2.23. The van der Waals surface area contributed by atoms with Crippen molar-refractivity contribution < 1.29 is 4.79 Å². The lowest BCUT2D eigenvalue weighted by molar-refractivity contribution is -0.127. The first-order chi connectivity index (χ1) is 8.97. The van der Waals surface area contributed by atoms with Gasteiger partial charge in [0.15, 0.2) is 0 Å². The summed E-state index contributed by atoms with van der Waals surface area (Å²) in [6.45, 7) is 12.6.